The maximum Gasteiger partial charge on any atom is 0.284 e. The molecule has 3 aromatic rings. The van der Waals surface area contributed by atoms with Gasteiger partial charge in [-0.15, -0.1) is 23.1 Å². The van der Waals surface area contributed by atoms with Gasteiger partial charge in [0.2, 0.25) is 0 Å². The standard InChI is InChI=1S/C18H13FN2O3S2/c19-10-1-4-14-12(6-10)16-9(8-25-14)5-15(26-16)18(23)21-7-11-2-3-13(24-11)17(20)22/h1-6H,7-8H2,(H2,20,22)(H,21,23). The van der Waals surface area contributed by atoms with Crippen molar-refractivity contribution in [3.8, 4) is 10.4 Å². The molecule has 0 fully saturated rings. The molecular weight excluding hydrogens is 375 g/mol. The van der Waals surface area contributed by atoms with E-state index in [4.69, 9.17) is 10.2 Å². The minimum atomic E-state index is -0.656. The van der Waals surface area contributed by atoms with Crippen molar-refractivity contribution in [2.24, 2.45) is 5.73 Å². The van der Waals surface area contributed by atoms with Crippen LogP contribution in [0.25, 0.3) is 10.4 Å². The van der Waals surface area contributed by atoms with E-state index in [0.29, 0.717) is 10.6 Å². The first kappa shape index (κ1) is 16.9. The van der Waals surface area contributed by atoms with Crippen molar-refractivity contribution in [1.29, 1.82) is 0 Å². The van der Waals surface area contributed by atoms with E-state index in [2.05, 4.69) is 5.32 Å². The number of nitrogens with two attached hydrogens (primary N) is 1. The zero-order valence-corrected chi connectivity index (χ0v) is 15.0. The van der Waals surface area contributed by atoms with Gasteiger partial charge >= 0.3 is 0 Å². The molecule has 0 radical (unpaired) electrons. The minimum absolute atomic E-state index is 0.0523. The highest BCUT2D eigenvalue weighted by molar-refractivity contribution is 7.98. The van der Waals surface area contributed by atoms with Gasteiger partial charge in [0.15, 0.2) is 5.76 Å². The van der Waals surface area contributed by atoms with E-state index < -0.39 is 5.91 Å². The second kappa shape index (κ2) is 6.62. The number of fused-ring (bicyclic) bond motifs is 3. The normalized spacial score (nSPS) is 12.3. The maximum absolute atomic E-state index is 13.6. The summed E-state index contributed by atoms with van der Waals surface area (Å²) in [6, 6.07) is 9.62. The molecule has 5 nitrogen and oxygen atoms in total. The number of hydrogen-bond acceptors (Lipinski definition) is 5. The molecule has 0 spiro atoms. The van der Waals surface area contributed by atoms with E-state index in [1.165, 1.54) is 29.5 Å². The lowest BCUT2D eigenvalue weighted by Crippen LogP contribution is -2.21. The third kappa shape index (κ3) is 3.13. The van der Waals surface area contributed by atoms with Crippen molar-refractivity contribution in [3.63, 3.8) is 0 Å². The first-order valence-corrected chi connectivity index (χ1v) is 9.53. The quantitative estimate of drug-likeness (QED) is 0.712. The molecule has 8 heteroatoms. The number of nitrogens with one attached hydrogen (secondary N) is 1. The van der Waals surface area contributed by atoms with Gasteiger partial charge in [-0.05, 0) is 42.0 Å². The molecule has 26 heavy (non-hydrogen) atoms. The highest BCUT2D eigenvalue weighted by Crippen LogP contribution is 2.45. The van der Waals surface area contributed by atoms with Crippen molar-refractivity contribution >= 4 is 34.9 Å². The summed E-state index contributed by atoms with van der Waals surface area (Å²) in [5, 5.41) is 2.76. The average molecular weight is 388 g/mol. The van der Waals surface area contributed by atoms with E-state index in [0.717, 1.165) is 26.7 Å². The summed E-state index contributed by atoms with van der Waals surface area (Å²) in [7, 11) is 0. The first-order valence-electron chi connectivity index (χ1n) is 7.73. The minimum Gasteiger partial charge on any atom is -0.454 e. The molecule has 0 saturated carbocycles. The molecule has 2 aromatic heterocycles. The number of thiophene rings is 1. The number of hydrogen-bond donors (Lipinski definition) is 2. The first-order chi connectivity index (χ1) is 12.5. The molecular formula is C18H13FN2O3S2. The lowest BCUT2D eigenvalue weighted by atomic mass is 10.1. The Bertz CT molecular complexity index is 1030. The lowest BCUT2D eigenvalue weighted by Gasteiger charge is -2.15. The summed E-state index contributed by atoms with van der Waals surface area (Å²) in [6.45, 7) is 0.147. The van der Waals surface area contributed by atoms with Crippen LogP contribution in [-0.2, 0) is 12.3 Å². The predicted octanol–water partition coefficient (Wildman–Crippen LogP) is 3.78. The topological polar surface area (TPSA) is 85.3 Å². The summed E-state index contributed by atoms with van der Waals surface area (Å²) < 4.78 is 18.8. The monoisotopic (exact) mass is 388 g/mol. The van der Waals surface area contributed by atoms with Crippen LogP contribution in [0.15, 0.2) is 45.7 Å². The number of amides is 2. The molecule has 0 atom stereocenters. The summed E-state index contributed by atoms with van der Waals surface area (Å²) in [4.78, 5) is 26.0. The Balaban J connectivity index is 1.52. The smallest absolute Gasteiger partial charge is 0.284 e. The molecule has 0 saturated heterocycles. The second-order valence-electron chi connectivity index (χ2n) is 5.71. The molecule has 0 unspecified atom stereocenters. The fourth-order valence-electron chi connectivity index (χ4n) is 2.70. The van der Waals surface area contributed by atoms with E-state index in [1.807, 2.05) is 6.07 Å². The van der Waals surface area contributed by atoms with Crippen molar-refractivity contribution in [1.82, 2.24) is 5.32 Å². The van der Waals surface area contributed by atoms with Gasteiger partial charge in [0.1, 0.15) is 11.6 Å². The van der Waals surface area contributed by atoms with Crippen LogP contribution >= 0.6 is 23.1 Å². The van der Waals surface area contributed by atoms with Crippen LogP contribution < -0.4 is 11.1 Å². The van der Waals surface area contributed by atoms with Gasteiger partial charge in [-0.3, -0.25) is 9.59 Å². The number of primary amides is 1. The predicted molar refractivity (Wildman–Crippen MR) is 97.7 cm³/mol. The molecule has 3 N–H and O–H groups in total. The van der Waals surface area contributed by atoms with E-state index in [1.54, 1.807) is 23.9 Å². The van der Waals surface area contributed by atoms with Gasteiger partial charge in [-0.25, -0.2) is 4.39 Å². The molecule has 3 heterocycles. The van der Waals surface area contributed by atoms with Gasteiger partial charge in [0.25, 0.3) is 11.8 Å². The lowest BCUT2D eigenvalue weighted by molar-refractivity contribution is 0.0951. The number of benzene rings is 1. The zero-order chi connectivity index (χ0) is 18.3. The SMILES string of the molecule is NC(=O)c1ccc(CNC(=O)c2cc3c(s2)-c2cc(F)ccc2SC3)o1. The van der Waals surface area contributed by atoms with Gasteiger partial charge in [0.05, 0.1) is 11.4 Å². The Labute approximate surface area is 156 Å². The van der Waals surface area contributed by atoms with E-state index in [9.17, 15) is 14.0 Å². The molecule has 132 valence electrons. The third-order valence-electron chi connectivity index (χ3n) is 3.93. The molecule has 0 bridgehead atoms. The average Bonchev–Trinajstić information content (AvgIpc) is 3.26. The molecule has 1 aliphatic rings. The summed E-state index contributed by atoms with van der Waals surface area (Å²) >= 11 is 2.97. The second-order valence-corrected chi connectivity index (χ2v) is 7.78. The van der Waals surface area contributed by atoms with E-state index in [-0.39, 0.29) is 24.0 Å². The Kier molecular flexibility index (Phi) is 4.29. The van der Waals surface area contributed by atoms with Crippen LogP contribution in [0.2, 0.25) is 0 Å². The highest BCUT2D eigenvalue weighted by Gasteiger charge is 2.22. The Hall–Kier alpha value is -2.58. The van der Waals surface area contributed by atoms with Crippen LogP contribution in [0.1, 0.15) is 31.6 Å². The largest absolute Gasteiger partial charge is 0.454 e. The Morgan fingerprint density at radius 3 is 2.85 bits per heavy atom. The van der Waals surface area contributed by atoms with Gasteiger partial charge in [-0.1, -0.05) is 0 Å². The van der Waals surface area contributed by atoms with Gasteiger partial charge in [-0.2, -0.15) is 0 Å². The molecule has 1 aromatic carbocycles. The van der Waals surface area contributed by atoms with Crippen LogP contribution in [0.5, 0.6) is 0 Å². The van der Waals surface area contributed by atoms with Crippen LogP contribution in [-0.4, -0.2) is 11.8 Å². The fourth-order valence-corrected chi connectivity index (χ4v) is 5.00. The number of rotatable bonds is 4. The van der Waals surface area contributed by atoms with Crippen LogP contribution in [0.4, 0.5) is 4.39 Å². The van der Waals surface area contributed by atoms with Gasteiger partial charge < -0.3 is 15.5 Å². The number of carbonyl (C=O) groups is 2. The molecule has 4 rings (SSSR count). The Morgan fingerprint density at radius 2 is 2.08 bits per heavy atom. The number of halogens is 1. The highest BCUT2D eigenvalue weighted by atomic mass is 32.2. The molecule has 2 amide bonds. The Morgan fingerprint density at radius 1 is 1.23 bits per heavy atom. The number of furan rings is 1. The van der Waals surface area contributed by atoms with Crippen molar-refractivity contribution in [2.75, 3.05) is 0 Å². The van der Waals surface area contributed by atoms with Gasteiger partial charge in [0, 0.05) is 21.1 Å². The van der Waals surface area contributed by atoms with Crippen molar-refractivity contribution in [2.45, 2.75) is 17.2 Å². The maximum atomic E-state index is 13.6. The third-order valence-corrected chi connectivity index (χ3v) is 6.26. The van der Waals surface area contributed by atoms with Crippen molar-refractivity contribution < 1.29 is 18.4 Å². The molecule has 0 aliphatic carbocycles. The van der Waals surface area contributed by atoms with Crippen LogP contribution in [0.3, 0.4) is 0 Å². The summed E-state index contributed by atoms with van der Waals surface area (Å²) in [5.41, 5.74) is 6.99. The molecule has 1 aliphatic heterocycles. The summed E-state index contributed by atoms with van der Waals surface area (Å²) in [6.07, 6.45) is 0. The van der Waals surface area contributed by atoms with E-state index >= 15 is 0 Å². The number of carbonyl (C=O) groups excluding carboxylic acids is 2. The summed E-state index contributed by atoms with van der Waals surface area (Å²) in [5.74, 6) is 0.0478. The zero-order valence-electron chi connectivity index (χ0n) is 13.4. The van der Waals surface area contributed by atoms with Crippen molar-refractivity contribution in [3.05, 3.63) is 64.2 Å². The fraction of sp³-hybridized carbons (Fsp3) is 0.111. The van der Waals surface area contributed by atoms with Crippen LogP contribution in [0, 0.1) is 5.82 Å². The number of thioether (sulfide) groups is 1.